The van der Waals surface area contributed by atoms with Crippen molar-refractivity contribution in [3.8, 4) is 11.5 Å². The summed E-state index contributed by atoms with van der Waals surface area (Å²) >= 11 is 0. The molecule has 0 bridgehead atoms. The summed E-state index contributed by atoms with van der Waals surface area (Å²) in [6.07, 6.45) is 0.0898. The van der Waals surface area contributed by atoms with Crippen LogP contribution in [0.5, 0.6) is 11.5 Å². The molecule has 2 rings (SSSR count). The molecule has 0 saturated heterocycles. The first-order valence-electron chi connectivity index (χ1n) is 8.10. The van der Waals surface area contributed by atoms with Gasteiger partial charge in [-0.1, -0.05) is 12.1 Å². The van der Waals surface area contributed by atoms with Gasteiger partial charge in [0.1, 0.15) is 17.3 Å². The standard InChI is InChI=1S/C19H21FN2O4/c1-13-3-4-14(2)17(11-13)25-10-9-18(23)21-22-19(24)12-26-16-7-5-15(20)6-8-16/h3-8,11H,9-10,12H2,1-2H3,(H,21,23)(H,22,24). The Kier molecular flexibility index (Phi) is 6.96. The molecule has 0 aliphatic carbocycles. The lowest BCUT2D eigenvalue weighted by Gasteiger charge is -2.11. The van der Waals surface area contributed by atoms with Gasteiger partial charge in [-0.15, -0.1) is 0 Å². The second-order valence-electron chi connectivity index (χ2n) is 5.71. The van der Waals surface area contributed by atoms with E-state index in [0.29, 0.717) is 5.75 Å². The van der Waals surface area contributed by atoms with Crippen molar-refractivity contribution in [2.24, 2.45) is 0 Å². The van der Waals surface area contributed by atoms with Crippen LogP contribution in [0.15, 0.2) is 42.5 Å². The van der Waals surface area contributed by atoms with Crippen LogP contribution in [-0.4, -0.2) is 25.0 Å². The fraction of sp³-hybridized carbons (Fsp3) is 0.263. The van der Waals surface area contributed by atoms with Crippen molar-refractivity contribution in [2.45, 2.75) is 20.3 Å². The molecular weight excluding hydrogens is 339 g/mol. The first kappa shape index (κ1) is 19.2. The predicted octanol–water partition coefficient (Wildman–Crippen LogP) is 2.44. The highest BCUT2D eigenvalue weighted by molar-refractivity contribution is 5.82. The molecule has 0 radical (unpaired) electrons. The van der Waals surface area contributed by atoms with Gasteiger partial charge in [-0.05, 0) is 55.3 Å². The molecule has 0 unspecified atom stereocenters. The fourth-order valence-electron chi connectivity index (χ4n) is 2.03. The molecule has 0 aromatic heterocycles. The third-order valence-corrected chi connectivity index (χ3v) is 3.46. The van der Waals surface area contributed by atoms with E-state index in [1.807, 2.05) is 32.0 Å². The van der Waals surface area contributed by atoms with Crippen LogP contribution in [0.1, 0.15) is 17.5 Å². The molecule has 0 aliphatic heterocycles. The van der Waals surface area contributed by atoms with E-state index in [9.17, 15) is 14.0 Å². The first-order chi connectivity index (χ1) is 12.4. The van der Waals surface area contributed by atoms with Crippen LogP contribution < -0.4 is 20.3 Å². The third-order valence-electron chi connectivity index (χ3n) is 3.46. The summed E-state index contributed by atoms with van der Waals surface area (Å²) in [5, 5.41) is 0. The number of aryl methyl sites for hydroxylation is 2. The average Bonchev–Trinajstić information content (AvgIpc) is 2.62. The highest BCUT2D eigenvalue weighted by atomic mass is 19.1. The van der Waals surface area contributed by atoms with Crippen molar-refractivity contribution in [3.05, 3.63) is 59.4 Å². The minimum Gasteiger partial charge on any atom is -0.493 e. The summed E-state index contributed by atoms with van der Waals surface area (Å²) in [5.41, 5.74) is 6.58. The number of hydrogen-bond donors (Lipinski definition) is 2. The summed E-state index contributed by atoms with van der Waals surface area (Å²) in [5.74, 6) is -0.218. The quantitative estimate of drug-likeness (QED) is 0.744. The molecule has 0 fully saturated rings. The minimum atomic E-state index is -0.530. The zero-order valence-corrected chi connectivity index (χ0v) is 14.7. The van der Waals surface area contributed by atoms with Crippen LogP contribution in [0.2, 0.25) is 0 Å². The molecule has 2 aromatic carbocycles. The van der Waals surface area contributed by atoms with Crippen molar-refractivity contribution in [2.75, 3.05) is 13.2 Å². The lowest BCUT2D eigenvalue weighted by atomic mass is 10.1. The van der Waals surface area contributed by atoms with Crippen molar-refractivity contribution < 1.29 is 23.5 Å². The van der Waals surface area contributed by atoms with Crippen molar-refractivity contribution in [1.82, 2.24) is 10.9 Å². The number of ether oxygens (including phenoxy) is 2. The smallest absolute Gasteiger partial charge is 0.276 e. The first-order valence-corrected chi connectivity index (χ1v) is 8.10. The van der Waals surface area contributed by atoms with Gasteiger partial charge in [0.15, 0.2) is 6.61 Å². The van der Waals surface area contributed by atoms with E-state index in [-0.39, 0.29) is 25.5 Å². The van der Waals surface area contributed by atoms with Crippen LogP contribution in [0.3, 0.4) is 0 Å². The lowest BCUT2D eigenvalue weighted by Crippen LogP contribution is -2.44. The Morgan fingerprint density at radius 2 is 1.65 bits per heavy atom. The number of hydrogen-bond acceptors (Lipinski definition) is 4. The lowest BCUT2D eigenvalue weighted by molar-refractivity contribution is -0.130. The fourth-order valence-corrected chi connectivity index (χ4v) is 2.03. The Morgan fingerprint density at radius 3 is 2.38 bits per heavy atom. The summed E-state index contributed by atoms with van der Waals surface area (Å²) in [7, 11) is 0. The number of carbonyl (C=O) groups is 2. The molecule has 6 nitrogen and oxygen atoms in total. The van der Waals surface area contributed by atoms with Crippen molar-refractivity contribution >= 4 is 11.8 Å². The Hall–Kier alpha value is -3.09. The largest absolute Gasteiger partial charge is 0.493 e. The van der Waals surface area contributed by atoms with Crippen LogP contribution in [0.4, 0.5) is 4.39 Å². The summed E-state index contributed by atoms with van der Waals surface area (Å²) in [4.78, 5) is 23.3. The second kappa shape index (κ2) is 9.41. The van der Waals surface area contributed by atoms with Gasteiger partial charge in [0.2, 0.25) is 5.91 Å². The van der Waals surface area contributed by atoms with Gasteiger partial charge >= 0.3 is 0 Å². The van der Waals surface area contributed by atoms with E-state index in [1.165, 1.54) is 24.3 Å². The molecule has 138 valence electrons. The maximum absolute atomic E-state index is 12.8. The molecule has 2 aromatic rings. The molecule has 2 N–H and O–H groups in total. The topological polar surface area (TPSA) is 76.7 Å². The highest BCUT2D eigenvalue weighted by Gasteiger charge is 2.07. The van der Waals surface area contributed by atoms with Gasteiger partial charge in [-0.2, -0.15) is 0 Å². The average molecular weight is 360 g/mol. The van der Waals surface area contributed by atoms with E-state index in [2.05, 4.69) is 10.9 Å². The third kappa shape index (κ3) is 6.43. The molecule has 26 heavy (non-hydrogen) atoms. The molecule has 0 heterocycles. The van der Waals surface area contributed by atoms with E-state index in [4.69, 9.17) is 9.47 Å². The van der Waals surface area contributed by atoms with Gasteiger partial charge in [-0.3, -0.25) is 20.4 Å². The van der Waals surface area contributed by atoms with E-state index < -0.39 is 11.7 Å². The van der Waals surface area contributed by atoms with Crippen LogP contribution in [-0.2, 0) is 9.59 Å². The zero-order valence-electron chi connectivity index (χ0n) is 14.7. The number of nitrogens with one attached hydrogen (secondary N) is 2. The summed E-state index contributed by atoms with van der Waals surface area (Å²) in [6.45, 7) is 3.78. The highest BCUT2D eigenvalue weighted by Crippen LogP contribution is 2.19. The molecule has 7 heteroatoms. The van der Waals surface area contributed by atoms with Crippen LogP contribution in [0.25, 0.3) is 0 Å². The molecule has 0 aliphatic rings. The number of amides is 2. The van der Waals surface area contributed by atoms with E-state index >= 15 is 0 Å². The number of carbonyl (C=O) groups excluding carboxylic acids is 2. The Balaban J connectivity index is 1.64. The van der Waals surface area contributed by atoms with Crippen LogP contribution in [0, 0.1) is 19.7 Å². The van der Waals surface area contributed by atoms with E-state index in [0.717, 1.165) is 16.9 Å². The summed E-state index contributed by atoms with van der Waals surface area (Å²) < 4.78 is 23.5. The molecule has 0 atom stereocenters. The monoisotopic (exact) mass is 360 g/mol. The molecule has 0 saturated carbocycles. The number of halogens is 1. The molecule has 2 amide bonds. The number of rotatable bonds is 7. The van der Waals surface area contributed by atoms with Gasteiger partial charge in [-0.25, -0.2) is 4.39 Å². The number of benzene rings is 2. The zero-order chi connectivity index (χ0) is 18.9. The van der Waals surface area contributed by atoms with Gasteiger partial charge < -0.3 is 9.47 Å². The maximum Gasteiger partial charge on any atom is 0.276 e. The Morgan fingerprint density at radius 1 is 0.962 bits per heavy atom. The van der Waals surface area contributed by atoms with E-state index in [1.54, 1.807) is 0 Å². The molecular formula is C19H21FN2O4. The normalized spacial score (nSPS) is 10.1. The minimum absolute atomic E-state index is 0.0898. The van der Waals surface area contributed by atoms with Crippen LogP contribution >= 0.6 is 0 Å². The van der Waals surface area contributed by atoms with Gasteiger partial charge in [0.05, 0.1) is 13.0 Å². The van der Waals surface area contributed by atoms with Crippen molar-refractivity contribution in [3.63, 3.8) is 0 Å². The molecule has 0 spiro atoms. The van der Waals surface area contributed by atoms with Crippen molar-refractivity contribution in [1.29, 1.82) is 0 Å². The predicted molar refractivity (Wildman–Crippen MR) is 94.2 cm³/mol. The van der Waals surface area contributed by atoms with Gasteiger partial charge in [0, 0.05) is 0 Å². The summed E-state index contributed by atoms with van der Waals surface area (Å²) in [6, 6.07) is 11.1. The van der Waals surface area contributed by atoms with Gasteiger partial charge in [0.25, 0.3) is 5.91 Å². The Bertz CT molecular complexity index is 763. The second-order valence-corrected chi connectivity index (χ2v) is 5.71. The maximum atomic E-state index is 12.8. The number of hydrazine groups is 1. The SMILES string of the molecule is Cc1ccc(C)c(OCCC(=O)NNC(=O)COc2ccc(F)cc2)c1. The Labute approximate surface area is 151 Å².